The van der Waals surface area contributed by atoms with Crippen molar-refractivity contribution in [2.24, 2.45) is 0 Å². The van der Waals surface area contributed by atoms with Gasteiger partial charge < -0.3 is 4.90 Å². The van der Waals surface area contributed by atoms with Crippen molar-refractivity contribution >= 4 is 50.1 Å². The molecule has 0 radical (unpaired) electrons. The summed E-state index contributed by atoms with van der Waals surface area (Å²) in [7, 11) is -3.60. The first-order chi connectivity index (χ1) is 16.8. The van der Waals surface area contributed by atoms with Crippen LogP contribution in [0.3, 0.4) is 0 Å². The van der Waals surface area contributed by atoms with E-state index in [4.69, 9.17) is 33.2 Å². The van der Waals surface area contributed by atoms with Crippen LogP contribution in [0.1, 0.15) is 25.6 Å². The molecule has 11 heteroatoms. The Hall–Kier alpha value is -2.72. The molecule has 5 rings (SSSR count). The first-order valence-corrected chi connectivity index (χ1v) is 13.5. The summed E-state index contributed by atoms with van der Waals surface area (Å²) in [5.74, 6) is 1.54. The van der Waals surface area contributed by atoms with E-state index in [2.05, 4.69) is 10.00 Å². The Kier molecular flexibility index (Phi) is 6.43. The highest BCUT2D eigenvalue weighted by atomic mass is 35.5. The van der Waals surface area contributed by atoms with Crippen molar-refractivity contribution in [2.75, 3.05) is 31.1 Å². The maximum absolute atomic E-state index is 13.1. The lowest BCUT2D eigenvalue weighted by Gasteiger charge is -2.35. The van der Waals surface area contributed by atoms with Crippen molar-refractivity contribution < 1.29 is 8.42 Å². The van der Waals surface area contributed by atoms with Gasteiger partial charge in [-0.05, 0) is 36.4 Å². The van der Waals surface area contributed by atoms with Crippen LogP contribution in [-0.4, -0.2) is 58.7 Å². The molecule has 35 heavy (non-hydrogen) atoms. The molecular weight excluding hydrogens is 507 g/mol. The van der Waals surface area contributed by atoms with Gasteiger partial charge in [-0.25, -0.2) is 23.1 Å². The summed E-state index contributed by atoms with van der Waals surface area (Å²) in [4.78, 5) is 12.0. The quantitative estimate of drug-likeness (QED) is 0.370. The molecule has 0 saturated carbocycles. The van der Waals surface area contributed by atoms with Crippen molar-refractivity contribution in [2.45, 2.75) is 24.7 Å². The highest BCUT2D eigenvalue weighted by molar-refractivity contribution is 7.89. The average Bonchev–Trinajstić information content (AvgIpc) is 3.28. The minimum Gasteiger partial charge on any atom is -0.353 e. The molecule has 1 aliphatic heterocycles. The molecule has 3 heterocycles. The van der Waals surface area contributed by atoms with Crippen LogP contribution in [0.2, 0.25) is 10.0 Å². The van der Waals surface area contributed by atoms with Crippen LogP contribution in [0.25, 0.3) is 16.7 Å². The van der Waals surface area contributed by atoms with E-state index in [9.17, 15) is 8.42 Å². The fourth-order valence-electron chi connectivity index (χ4n) is 4.10. The van der Waals surface area contributed by atoms with Gasteiger partial charge in [0.2, 0.25) is 10.0 Å². The van der Waals surface area contributed by atoms with Gasteiger partial charge in [-0.3, -0.25) is 0 Å². The molecule has 0 aliphatic carbocycles. The molecule has 0 bridgehead atoms. The van der Waals surface area contributed by atoms with E-state index >= 15 is 0 Å². The number of benzene rings is 2. The molecule has 2 aromatic heterocycles. The predicted octanol–water partition coefficient (Wildman–Crippen LogP) is 4.76. The summed E-state index contributed by atoms with van der Waals surface area (Å²) in [6.45, 7) is 5.75. The zero-order valence-corrected chi connectivity index (χ0v) is 21.6. The normalized spacial score (nSPS) is 15.3. The number of fused-ring (bicyclic) bond motifs is 1. The second-order valence-corrected chi connectivity index (χ2v) is 11.4. The second-order valence-electron chi connectivity index (χ2n) is 8.65. The lowest BCUT2D eigenvalue weighted by Crippen LogP contribution is -2.49. The van der Waals surface area contributed by atoms with Gasteiger partial charge in [0.15, 0.2) is 5.65 Å². The van der Waals surface area contributed by atoms with Crippen molar-refractivity contribution in [3.05, 3.63) is 70.6 Å². The number of hydrogen-bond donors (Lipinski definition) is 0. The molecule has 1 saturated heterocycles. The monoisotopic (exact) mass is 530 g/mol. The zero-order valence-electron chi connectivity index (χ0n) is 19.3. The molecule has 0 spiro atoms. The standard InChI is InChI=1S/C24H24Cl2N6O2S/c1-16(2)22-28-23(19-15-27-32(24(19)29-22)21-6-4-3-5-20(21)26)30-11-13-31(14-12-30)35(33,34)18-9-7-17(25)8-10-18/h3-10,15-16H,11-14H2,1-2H3. The van der Waals surface area contributed by atoms with Gasteiger partial charge in [-0.15, -0.1) is 0 Å². The predicted molar refractivity (Wildman–Crippen MR) is 138 cm³/mol. The minimum atomic E-state index is -3.60. The lowest BCUT2D eigenvalue weighted by atomic mass is 10.2. The lowest BCUT2D eigenvalue weighted by molar-refractivity contribution is 0.384. The Labute approximate surface area is 214 Å². The van der Waals surface area contributed by atoms with Crippen molar-refractivity contribution in [3.63, 3.8) is 0 Å². The molecular formula is C24H24Cl2N6O2S. The van der Waals surface area contributed by atoms with Gasteiger partial charge >= 0.3 is 0 Å². The molecule has 2 aromatic carbocycles. The van der Waals surface area contributed by atoms with E-state index in [1.54, 1.807) is 23.0 Å². The van der Waals surface area contributed by atoms with E-state index in [1.165, 1.54) is 16.4 Å². The highest BCUT2D eigenvalue weighted by Gasteiger charge is 2.30. The maximum atomic E-state index is 13.1. The zero-order chi connectivity index (χ0) is 24.7. The molecule has 0 atom stereocenters. The van der Waals surface area contributed by atoms with E-state index < -0.39 is 10.0 Å². The molecule has 182 valence electrons. The minimum absolute atomic E-state index is 0.0966. The SMILES string of the molecule is CC(C)c1nc(N2CCN(S(=O)(=O)c3ccc(Cl)cc3)CC2)c2cnn(-c3ccccc3Cl)c2n1. The van der Waals surface area contributed by atoms with Gasteiger partial charge in [-0.1, -0.05) is 49.2 Å². The van der Waals surface area contributed by atoms with Crippen LogP contribution < -0.4 is 4.90 Å². The first-order valence-electron chi connectivity index (χ1n) is 11.3. The number of hydrogen-bond acceptors (Lipinski definition) is 6. The third-order valence-electron chi connectivity index (χ3n) is 6.01. The Balaban J connectivity index is 1.48. The smallest absolute Gasteiger partial charge is 0.243 e. The van der Waals surface area contributed by atoms with Crippen LogP contribution in [-0.2, 0) is 10.0 Å². The Bertz CT molecular complexity index is 1480. The Morgan fingerprint density at radius 1 is 0.914 bits per heavy atom. The molecule has 8 nitrogen and oxygen atoms in total. The van der Waals surface area contributed by atoms with Gasteiger partial charge in [0.05, 0.1) is 27.2 Å². The van der Waals surface area contributed by atoms with Gasteiger partial charge in [0.25, 0.3) is 0 Å². The summed E-state index contributed by atoms with van der Waals surface area (Å²) in [5, 5.41) is 6.44. The van der Waals surface area contributed by atoms with E-state index in [1.807, 2.05) is 38.1 Å². The number of sulfonamides is 1. The highest BCUT2D eigenvalue weighted by Crippen LogP contribution is 2.31. The number of nitrogens with zero attached hydrogens (tertiary/aromatic N) is 6. The molecule has 1 fully saturated rings. The van der Waals surface area contributed by atoms with Gasteiger partial charge in [0.1, 0.15) is 11.6 Å². The molecule has 1 aliphatic rings. The largest absolute Gasteiger partial charge is 0.353 e. The topological polar surface area (TPSA) is 84.2 Å². The fraction of sp³-hybridized carbons (Fsp3) is 0.292. The number of halogens is 2. The van der Waals surface area contributed by atoms with Crippen molar-refractivity contribution in [3.8, 4) is 5.69 Å². The second kappa shape index (κ2) is 9.39. The number of para-hydroxylation sites is 1. The van der Waals surface area contributed by atoms with Crippen LogP contribution in [0.5, 0.6) is 0 Å². The van der Waals surface area contributed by atoms with Gasteiger partial charge in [0, 0.05) is 37.1 Å². The van der Waals surface area contributed by atoms with Crippen molar-refractivity contribution in [1.82, 2.24) is 24.1 Å². The molecule has 0 amide bonds. The van der Waals surface area contributed by atoms with Crippen LogP contribution in [0, 0.1) is 0 Å². The van der Waals surface area contributed by atoms with Crippen LogP contribution in [0.15, 0.2) is 59.6 Å². The van der Waals surface area contributed by atoms with Crippen LogP contribution >= 0.6 is 23.2 Å². The number of piperazine rings is 1. The first kappa shape index (κ1) is 24.0. The van der Waals surface area contributed by atoms with E-state index in [-0.39, 0.29) is 10.8 Å². The van der Waals surface area contributed by atoms with Crippen molar-refractivity contribution in [1.29, 1.82) is 0 Å². The summed E-state index contributed by atoms with van der Waals surface area (Å²) in [6, 6.07) is 13.7. The Morgan fingerprint density at radius 2 is 1.60 bits per heavy atom. The summed E-state index contributed by atoms with van der Waals surface area (Å²) < 4.78 is 29.4. The van der Waals surface area contributed by atoms with Gasteiger partial charge in [-0.2, -0.15) is 9.40 Å². The molecule has 0 N–H and O–H groups in total. The Morgan fingerprint density at radius 3 is 2.26 bits per heavy atom. The third kappa shape index (κ3) is 4.49. The number of aromatic nitrogens is 4. The average molecular weight is 531 g/mol. The number of rotatable bonds is 5. The van der Waals surface area contributed by atoms with E-state index in [0.29, 0.717) is 47.7 Å². The molecule has 0 unspecified atom stereocenters. The molecule has 4 aromatic rings. The summed E-state index contributed by atoms with van der Waals surface area (Å²) >= 11 is 12.4. The summed E-state index contributed by atoms with van der Waals surface area (Å²) in [5.41, 5.74) is 1.41. The third-order valence-corrected chi connectivity index (χ3v) is 8.50. The van der Waals surface area contributed by atoms with Crippen LogP contribution in [0.4, 0.5) is 5.82 Å². The fourth-order valence-corrected chi connectivity index (χ4v) is 5.87. The maximum Gasteiger partial charge on any atom is 0.243 e. The summed E-state index contributed by atoms with van der Waals surface area (Å²) in [6.07, 6.45) is 1.74. The number of anilines is 1. The van der Waals surface area contributed by atoms with E-state index in [0.717, 1.165) is 16.9 Å².